The van der Waals surface area contributed by atoms with Crippen LogP contribution in [0.4, 0.5) is 0 Å². The SMILES string of the molecule is N[C@@H](C(=O)O)c1nccc2[nH]ccc12. The maximum Gasteiger partial charge on any atom is 0.326 e. The molecule has 0 radical (unpaired) electrons. The number of carbonyl (C=O) groups is 1. The zero-order valence-electron chi connectivity index (χ0n) is 7.27. The van der Waals surface area contributed by atoms with E-state index < -0.39 is 12.0 Å². The molecule has 0 aromatic carbocycles. The summed E-state index contributed by atoms with van der Waals surface area (Å²) in [6, 6.07) is 2.46. The molecule has 72 valence electrons. The Morgan fingerprint density at radius 3 is 3.07 bits per heavy atom. The van der Waals surface area contributed by atoms with Crippen molar-refractivity contribution in [1.29, 1.82) is 0 Å². The lowest BCUT2D eigenvalue weighted by atomic mass is 10.1. The highest BCUT2D eigenvalue weighted by Gasteiger charge is 2.18. The second-order valence-electron chi connectivity index (χ2n) is 2.95. The Hall–Kier alpha value is -1.88. The Morgan fingerprint density at radius 1 is 1.57 bits per heavy atom. The van der Waals surface area contributed by atoms with Crippen molar-refractivity contribution in [2.24, 2.45) is 5.73 Å². The Kier molecular flexibility index (Phi) is 1.94. The van der Waals surface area contributed by atoms with Crippen LogP contribution in [0.25, 0.3) is 10.9 Å². The van der Waals surface area contributed by atoms with Crippen LogP contribution in [-0.2, 0) is 4.79 Å². The van der Waals surface area contributed by atoms with Gasteiger partial charge in [-0.25, -0.2) is 0 Å². The quantitative estimate of drug-likeness (QED) is 0.649. The molecular formula is C9H9N3O2. The lowest BCUT2D eigenvalue weighted by molar-refractivity contribution is -0.138. The number of nitrogens with two attached hydrogens (primary N) is 1. The molecule has 0 unspecified atom stereocenters. The molecule has 0 aliphatic heterocycles. The highest BCUT2D eigenvalue weighted by atomic mass is 16.4. The van der Waals surface area contributed by atoms with Crippen molar-refractivity contribution in [1.82, 2.24) is 9.97 Å². The van der Waals surface area contributed by atoms with Crippen LogP contribution in [0.15, 0.2) is 24.5 Å². The first-order chi connectivity index (χ1) is 6.70. The first kappa shape index (κ1) is 8.71. The Labute approximate surface area is 79.6 Å². The summed E-state index contributed by atoms with van der Waals surface area (Å²) < 4.78 is 0. The summed E-state index contributed by atoms with van der Waals surface area (Å²) in [7, 11) is 0. The van der Waals surface area contributed by atoms with Crippen molar-refractivity contribution in [3.63, 3.8) is 0 Å². The minimum absolute atomic E-state index is 0.385. The number of nitrogens with zero attached hydrogens (tertiary/aromatic N) is 1. The van der Waals surface area contributed by atoms with Gasteiger partial charge in [0.15, 0.2) is 0 Å². The van der Waals surface area contributed by atoms with Gasteiger partial charge in [-0.1, -0.05) is 0 Å². The summed E-state index contributed by atoms with van der Waals surface area (Å²) in [5.41, 5.74) is 6.71. The van der Waals surface area contributed by atoms with Crippen molar-refractivity contribution < 1.29 is 9.90 Å². The third-order valence-electron chi connectivity index (χ3n) is 2.07. The van der Waals surface area contributed by atoms with Crippen LogP contribution in [0.3, 0.4) is 0 Å². The normalized spacial score (nSPS) is 12.9. The molecule has 5 nitrogen and oxygen atoms in total. The molecular weight excluding hydrogens is 182 g/mol. The summed E-state index contributed by atoms with van der Waals surface area (Å²) in [6.45, 7) is 0. The van der Waals surface area contributed by atoms with E-state index >= 15 is 0 Å². The standard InChI is InChI=1S/C9H9N3O2/c10-7(9(13)14)8-5-1-3-11-6(5)2-4-12-8/h1-4,7,11H,10H2,(H,13,14)/t7-/m1/s1. The monoisotopic (exact) mass is 191 g/mol. The molecule has 0 spiro atoms. The van der Waals surface area contributed by atoms with E-state index in [1.54, 1.807) is 18.3 Å². The van der Waals surface area contributed by atoms with Crippen molar-refractivity contribution in [2.45, 2.75) is 6.04 Å². The molecule has 0 bridgehead atoms. The Bertz CT molecular complexity index is 478. The second kappa shape index (κ2) is 3.12. The van der Waals surface area contributed by atoms with Crippen LogP contribution in [0.1, 0.15) is 11.7 Å². The fourth-order valence-corrected chi connectivity index (χ4v) is 1.37. The van der Waals surface area contributed by atoms with E-state index in [-0.39, 0.29) is 0 Å². The molecule has 0 fully saturated rings. The number of rotatable bonds is 2. The van der Waals surface area contributed by atoms with E-state index in [1.807, 2.05) is 0 Å². The number of hydrogen-bond acceptors (Lipinski definition) is 3. The van der Waals surface area contributed by atoms with Crippen LogP contribution in [0, 0.1) is 0 Å². The van der Waals surface area contributed by atoms with Gasteiger partial charge >= 0.3 is 5.97 Å². The fourth-order valence-electron chi connectivity index (χ4n) is 1.37. The van der Waals surface area contributed by atoms with Gasteiger partial charge in [0, 0.05) is 23.3 Å². The average molecular weight is 191 g/mol. The van der Waals surface area contributed by atoms with Crippen LogP contribution in [0.2, 0.25) is 0 Å². The molecule has 2 rings (SSSR count). The number of carboxylic acid groups (broad SMARTS) is 1. The topological polar surface area (TPSA) is 92.0 Å². The van der Waals surface area contributed by atoms with Gasteiger partial charge in [-0.2, -0.15) is 0 Å². The summed E-state index contributed by atoms with van der Waals surface area (Å²) in [4.78, 5) is 17.6. The van der Waals surface area contributed by atoms with Gasteiger partial charge in [0.2, 0.25) is 0 Å². The van der Waals surface area contributed by atoms with Gasteiger partial charge in [-0.3, -0.25) is 9.78 Å². The van der Waals surface area contributed by atoms with Gasteiger partial charge in [-0.05, 0) is 12.1 Å². The molecule has 2 aromatic heterocycles. The van der Waals surface area contributed by atoms with Gasteiger partial charge in [0.05, 0.1) is 5.69 Å². The molecule has 0 saturated carbocycles. The van der Waals surface area contributed by atoms with Crippen molar-refractivity contribution in [3.05, 3.63) is 30.2 Å². The van der Waals surface area contributed by atoms with E-state index in [2.05, 4.69) is 9.97 Å². The van der Waals surface area contributed by atoms with Gasteiger partial charge in [0.1, 0.15) is 6.04 Å². The summed E-state index contributed by atoms with van der Waals surface area (Å²) in [6.07, 6.45) is 3.27. The largest absolute Gasteiger partial charge is 0.480 e. The van der Waals surface area contributed by atoms with E-state index in [0.717, 1.165) is 10.9 Å². The number of hydrogen-bond donors (Lipinski definition) is 3. The summed E-state index contributed by atoms with van der Waals surface area (Å²) in [5, 5.41) is 9.51. The van der Waals surface area contributed by atoms with Crippen LogP contribution in [0.5, 0.6) is 0 Å². The Morgan fingerprint density at radius 2 is 2.36 bits per heavy atom. The van der Waals surface area contributed by atoms with Gasteiger partial charge in [-0.15, -0.1) is 0 Å². The number of fused-ring (bicyclic) bond motifs is 1. The van der Waals surface area contributed by atoms with Gasteiger partial charge < -0.3 is 15.8 Å². The maximum atomic E-state index is 10.7. The molecule has 0 amide bonds. The summed E-state index contributed by atoms with van der Waals surface area (Å²) >= 11 is 0. The molecule has 14 heavy (non-hydrogen) atoms. The molecule has 2 aromatic rings. The number of carboxylic acids is 1. The van der Waals surface area contributed by atoms with E-state index in [9.17, 15) is 4.79 Å². The highest BCUT2D eigenvalue weighted by molar-refractivity contribution is 5.87. The van der Waals surface area contributed by atoms with Crippen LogP contribution in [-0.4, -0.2) is 21.0 Å². The molecule has 1 atom stereocenters. The number of aliphatic carboxylic acids is 1. The number of H-pyrrole nitrogens is 1. The minimum Gasteiger partial charge on any atom is -0.480 e. The predicted octanol–water partition coefficient (Wildman–Crippen LogP) is 0.647. The third kappa shape index (κ3) is 1.23. The van der Waals surface area contributed by atoms with Crippen molar-refractivity contribution in [3.8, 4) is 0 Å². The van der Waals surface area contributed by atoms with Crippen LogP contribution >= 0.6 is 0 Å². The lowest BCUT2D eigenvalue weighted by Gasteiger charge is -2.06. The zero-order valence-corrected chi connectivity index (χ0v) is 7.27. The number of pyridine rings is 1. The summed E-state index contributed by atoms with van der Waals surface area (Å²) in [5.74, 6) is -1.08. The van der Waals surface area contributed by atoms with Crippen molar-refractivity contribution in [2.75, 3.05) is 0 Å². The smallest absolute Gasteiger partial charge is 0.326 e. The second-order valence-corrected chi connectivity index (χ2v) is 2.95. The zero-order chi connectivity index (χ0) is 10.1. The predicted molar refractivity (Wildman–Crippen MR) is 50.7 cm³/mol. The molecule has 0 aliphatic rings. The molecule has 4 N–H and O–H groups in total. The fraction of sp³-hybridized carbons (Fsp3) is 0.111. The molecule has 2 heterocycles. The third-order valence-corrected chi connectivity index (χ3v) is 2.07. The molecule has 0 saturated heterocycles. The first-order valence-corrected chi connectivity index (χ1v) is 4.10. The van der Waals surface area contributed by atoms with Gasteiger partial charge in [0.25, 0.3) is 0 Å². The first-order valence-electron chi connectivity index (χ1n) is 4.10. The maximum absolute atomic E-state index is 10.7. The molecule has 5 heteroatoms. The Balaban J connectivity index is 2.61. The molecule has 0 aliphatic carbocycles. The average Bonchev–Trinajstić information content (AvgIpc) is 2.63. The number of aromatic nitrogens is 2. The van der Waals surface area contributed by atoms with Crippen LogP contribution < -0.4 is 5.73 Å². The lowest BCUT2D eigenvalue weighted by Crippen LogP contribution is -2.21. The minimum atomic E-state index is -1.08. The van der Waals surface area contributed by atoms with E-state index in [0.29, 0.717) is 5.69 Å². The van der Waals surface area contributed by atoms with Crippen molar-refractivity contribution >= 4 is 16.9 Å². The highest BCUT2D eigenvalue weighted by Crippen LogP contribution is 2.19. The number of aromatic amines is 1. The van der Waals surface area contributed by atoms with E-state index in [4.69, 9.17) is 10.8 Å². The van der Waals surface area contributed by atoms with E-state index in [1.165, 1.54) is 6.20 Å². The number of nitrogens with one attached hydrogen (secondary N) is 1.